The predicted octanol–water partition coefficient (Wildman–Crippen LogP) is -0.0623. The van der Waals surface area contributed by atoms with Gasteiger partial charge in [0.1, 0.15) is 6.10 Å². The molecule has 13 heteroatoms. The van der Waals surface area contributed by atoms with Gasteiger partial charge in [-0.25, -0.2) is 9.78 Å². The minimum Gasteiger partial charge on any atom is -0.479 e. The van der Waals surface area contributed by atoms with Gasteiger partial charge in [-0.1, -0.05) is 17.7 Å². The summed E-state index contributed by atoms with van der Waals surface area (Å²) in [7, 11) is -5.08. The maximum atomic E-state index is 12.8. The number of nitrogens with zero attached hydrogens (tertiary/aromatic N) is 2. The Kier molecular flexibility index (Phi) is 6.11. The van der Waals surface area contributed by atoms with Crippen molar-refractivity contribution in [3.63, 3.8) is 0 Å². The molecule has 0 saturated heterocycles. The Hall–Kier alpha value is -1.85. The summed E-state index contributed by atoms with van der Waals surface area (Å²) in [6.07, 6.45) is -1.64. The Labute approximate surface area is 168 Å². The predicted molar refractivity (Wildman–Crippen MR) is 99.6 cm³/mol. The standard InChI is InChI=1S/C16H18ClN2O9P/c17-8-2-1-3-9-11(8)14(22)19(6-18-9)10-4-7(12(20)13(10)21)5-28-16(15(23)24)29(25,26)27/h1-3,6-7,10,12-13,16,20-21H,4-5H2,(H,23,24)(H2,25,26,27). The summed E-state index contributed by atoms with van der Waals surface area (Å²) in [5, 5.41) is 29.9. The van der Waals surface area contributed by atoms with Crippen LogP contribution in [0.3, 0.4) is 0 Å². The first-order valence-corrected chi connectivity index (χ1v) is 10.5. The topological polar surface area (TPSA) is 179 Å². The fraction of sp³-hybridized carbons (Fsp3) is 0.438. The van der Waals surface area contributed by atoms with Crippen LogP contribution >= 0.6 is 19.2 Å². The molecule has 1 heterocycles. The SMILES string of the molecule is O=C(O)C(OCC1CC(n2cnc3cccc(Cl)c3c2=O)C(O)C1O)P(=O)(O)O. The molecule has 1 aliphatic rings. The summed E-state index contributed by atoms with van der Waals surface area (Å²) in [6, 6.07) is 3.82. The Morgan fingerprint density at radius 1 is 1.34 bits per heavy atom. The second kappa shape index (κ2) is 8.11. The van der Waals surface area contributed by atoms with Gasteiger partial charge in [-0.2, -0.15) is 0 Å². The largest absolute Gasteiger partial charge is 0.479 e. The number of fused-ring (bicyclic) bond motifs is 1. The number of rotatable bonds is 6. The van der Waals surface area contributed by atoms with Gasteiger partial charge in [-0.3, -0.25) is 13.9 Å². The van der Waals surface area contributed by atoms with Crippen LogP contribution in [0.15, 0.2) is 29.3 Å². The van der Waals surface area contributed by atoms with Crippen LogP contribution in [-0.4, -0.2) is 65.3 Å². The molecule has 1 fully saturated rings. The van der Waals surface area contributed by atoms with Crippen molar-refractivity contribution in [1.82, 2.24) is 9.55 Å². The first-order chi connectivity index (χ1) is 13.5. The van der Waals surface area contributed by atoms with Crippen molar-refractivity contribution >= 4 is 36.1 Å². The Morgan fingerprint density at radius 2 is 2.03 bits per heavy atom. The van der Waals surface area contributed by atoms with Crippen LogP contribution in [0.25, 0.3) is 10.9 Å². The van der Waals surface area contributed by atoms with Crippen LogP contribution in [0.4, 0.5) is 0 Å². The molecule has 1 aliphatic carbocycles. The van der Waals surface area contributed by atoms with E-state index >= 15 is 0 Å². The number of aliphatic hydroxyl groups is 2. The molecule has 0 amide bonds. The van der Waals surface area contributed by atoms with E-state index in [-0.39, 0.29) is 16.8 Å². The number of carboxylic acid groups (broad SMARTS) is 1. The smallest absolute Gasteiger partial charge is 0.365 e. The zero-order valence-corrected chi connectivity index (χ0v) is 16.3. The lowest BCUT2D eigenvalue weighted by molar-refractivity contribution is -0.147. The highest BCUT2D eigenvalue weighted by Gasteiger charge is 2.45. The first kappa shape index (κ1) is 21.8. The monoisotopic (exact) mass is 448 g/mol. The van der Waals surface area contributed by atoms with Crippen molar-refractivity contribution < 1.29 is 39.2 Å². The lowest BCUT2D eigenvalue weighted by atomic mass is 10.1. The van der Waals surface area contributed by atoms with E-state index in [1.807, 2.05) is 0 Å². The molecule has 1 aromatic carbocycles. The van der Waals surface area contributed by atoms with E-state index < -0.39 is 55.7 Å². The Bertz CT molecular complexity index is 1040. The fourth-order valence-corrected chi connectivity index (χ4v) is 4.26. The van der Waals surface area contributed by atoms with Gasteiger partial charge in [0.05, 0.1) is 41.0 Å². The van der Waals surface area contributed by atoms with Gasteiger partial charge in [0.25, 0.3) is 11.4 Å². The highest BCUT2D eigenvalue weighted by atomic mass is 35.5. The molecule has 29 heavy (non-hydrogen) atoms. The number of carboxylic acids is 1. The van der Waals surface area contributed by atoms with Crippen LogP contribution in [0.5, 0.6) is 0 Å². The Balaban J connectivity index is 1.85. The molecule has 5 unspecified atom stereocenters. The van der Waals surface area contributed by atoms with Gasteiger partial charge in [0, 0.05) is 5.92 Å². The number of hydrogen-bond acceptors (Lipinski definition) is 7. The molecule has 1 aromatic heterocycles. The average Bonchev–Trinajstić information content (AvgIpc) is 2.89. The van der Waals surface area contributed by atoms with Gasteiger partial charge in [0.2, 0.25) is 0 Å². The van der Waals surface area contributed by atoms with Crippen LogP contribution in [-0.2, 0) is 14.1 Å². The molecule has 0 spiro atoms. The molecule has 5 N–H and O–H groups in total. The van der Waals surface area contributed by atoms with Gasteiger partial charge < -0.3 is 29.8 Å². The minimum absolute atomic E-state index is 0.0205. The maximum Gasteiger partial charge on any atom is 0.365 e. The fourth-order valence-electron chi connectivity index (χ4n) is 3.44. The number of aliphatic hydroxyl groups excluding tert-OH is 2. The molecule has 158 valence electrons. The number of ether oxygens (including phenoxy) is 1. The van der Waals surface area contributed by atoms with E-state index in [2.05, 4.69) is 4.98 Å². The summed E-state index contributed by atoms with van der Waals surface area (Å²) in [4.78, 5) is 46.1. The zero-order chi connectivity index (χ0) is 21.5. The summed E-state index contributed by atoms with van der Waals surface area (Å²) in [6.45, 7) is -0.548. The van der Waals surface area contributed by atoms with Gasteiger partial charge in [-0.15, -0.1) is 0 Å². The van der Waals surface area contributed by atoms with Crippen molar-refractivity contribution in [1.29, 1.82) is 0 Å². The van der Waals surface area contributed by atoms with E-state index in [0.29, 0.717) is 5.52 Å². The zero-order valence-electron chi connectivity index (χ0n) is 14.7. The minimum atomic E-state index is -5.08. The molecular formula is C16H18ClN2O9P. The molecule has 2 aromatic rings. The average molecular weight is 449 g/mol. The summed E-state index contributed by atoms with van der Waals surface area (Å²) >= 11 is 6.08. The maximum absolute atomic E-state index is 12.8. The Morgan fingerprint density at radius 3 is 2.66 bits per heavy atom. The number of carbonyl (C=O) groups is 1. The number of hydrogen-bond donors (Lipinski definition) is 5. The molecule has 11 nitrogen and oxygen atoms in total. The molecule has 3 rings (SSSR count). The number of aliphatic carboxylic acids is 1. The number of benzene rings is 1. The van der Waals surface area contributed by atoms with Gasteiger partial charge >= 0.3 is 13.6 Å². The lowest BCUT2D eigenvalue weighted by Crippen LogP contribution is -2.35. The molecule has 0 aliphatic heterocycles. The van der Waals surface area contributed by atoms with Crippen molar-refractivity contribution in [2.45, 2.75) is 30.5 Å². The second-order valence-corrected chi connectivity index (χ2v) is 8.80. The summed E-state index contributed by atoms with van der Waals surface area (Å²) < 4.78 is 17.2. The lowest BCUT2D eigenvalue weighted by Gasteiger charge is -2.20. The third-order valence-corrected chi connectivity index (χ3v) is 6.17. The third-order valence-electron chi connectivity index (χ3n) is 4.87. The van der Waals surface area contributed by atoms with Crippen LogP contribution in [0.1, 0.15) is 12.5 Å². The normalized spacial score (nSPS) is 26.0. The molecular weight excluding hydrogens is 431 g/mol. The molecule has 5 atom stereocenters. The van der Waals surface area contributed by atoms with Gasteiger partial charge in [-0.05, 0) is 18.6 Å². The van der Waals surface area contributed by atoms with E-state index in [4.69, 9.17) is 31.2 Å². The van der Waals surface area contributed by atoms with Crippen LogP contribution < -0.4 is 5.56 Å². The van der Waals surface area contributed by atoms with Gasteiger partial charge in [0.15, 0.2) is 0 Å². The first-order valence-electron chi connectivity index (χ1n) is 8.43. The summed E-state index contributed by atoms with van der Waals surface area (Å²) in [5.41, 5.74) is -0.172. The number of halogens is 1. The quantitative estimate of drug-likeness (QED) is 0.375. The van der Waals surface area contributed by atoms with E-state index in [0.717, 1.165) is 4.57 Å². The van der Waals surface area contributed by atoms with E-state index in [1.165, 1.54) is 12.4 Å². The van der Waals surface area contributed by atoms with Crippen LogP contribution in [0, 0.1) is 5.92 Å². The van der Waals surface area contributed by atoms with Crippen molar-refractivity contribution in [3.8, 4) is 0 Å². The molecule has 0 bridgehead atoms. The number of aromatic nitrogens is 2. The van der Waals surface area contributed by atoms with E-state index in [9.17, 15) is 24.4 Å². The highest BCUT2D eigenvalue weighted by Crippen LogP contribution is 2.43. The molecule has 0 radical (unpaired) electrons. The second-order valence-electron chi connectivity index (χ2n) is 6.75. The van der Waals surface area contributed by atoms with E-state index in [1.54, 1.807) is 12.1 Å². The van der Waals surface area contributed by atoms with Crippen molar-refractivity contribution in [2.24, 2.45) is 5.92 Å². The highest BCUT2D eigenvalue weighted by molar-refractivity contribution is 7.53. The van der Waals surface area contributed by atoms with Crippen molar-refractivity contribution in [3.05, 3.63) is 39.9 Å². The molecule has 1 saturated carbocycles. The van der Waals surface area contributed by atoms with Crippen LogP contribution in [0.2, 0.25) is 5.02 Å². The van der Waals surface area contributed by atoms with Crippen molar-refractivity contribution in [2.75, 3.05) is 6.61 Å². The third kappa shape index (κ3) is 4.22. The summed E-state index contributed by atoms with van der Waals surface area (Å²) in [5.74, 6) is -5.13.